The summed E-state index contributed by atoms with van der Waals surface area (Å²) in [5, 5.41) is 10.9. The largest absolute Gasteiger partial charge is 0.473 e. The van der Waals surface area contributed by atoms with Crippen molar-refractivity contribution in [2.45, 2.75) is 52.4 Å². The molecular formula is C13H20ClN3O3. The number of hydrogen-bond donors (Lipinski definition) is 0. The SMILES string of the molecule is CCCCCCCCOc1nc(Cl)nc(C)c1[N+](=O)[O-]. The molecule has 0 aromatic carbocycles. The van der Waals surface area contributed by atoms with Gasteiger partial charge in [-0.1, -0.05) is 39.0 Å². The van der Waals surface area contributed by atoms with E-state index in [1.807, 2.05) is 0 Å². The average molecular weight is 302 g/mol. The molecule has 1 aromatic heterocycles. The Balaban J connectivity index is 2.49. The molecule has 7 heteroatoms. The fourth-order valence-electron chi connectivity index (χ4n) is 1.87. The van der Waals surface area contributed by atoms with Gasteiger partial charge in [-0.05, 0) is 24.9 Å². The number of ether oxygens (including phenoxy) is 1. The van der Waals surface area contributed by atoms with Gasteiger partial charge in [-0.3, -0.25) is 10.1 Å². The normalized spacial score (nSPS) is 10.6. The number of rotatable bonds is 9. The number of aromatic nitrogens is 2. The van der Waals surface area contributed by atoms with Gasteiger partial charge in [-0.2, -0.15) is 4.98 Å². The summed E-state index contributed by atoms with van der Waals surface area (Å²) in [4.78, 5) is 18.0. The zero-order valence-corrected chi connectivity index (χ0v) is 12.7. The highest BCUT2D eigenvalue weighted by Crippen LogP contribution is 2.28. The van der Waals surface area contributed by atoms with Crippen molar-refractivity contribution in [3.63, 3.8) is 0 Å². The van der Waals surface area contributed by atoms with E-state index in [1.165, 1.54) is 26.2 Å². The Morgan fingerprint density at radius 2 is 1.85 bits per heavy atom. The minimum Gasteiger partial charge on any atom is -0.473 e. The molecule has 0 radical (unpaired) electrons. The number of nitro groups is 1. The van der Waals surface area contributed by atoms with Crippen molar-refractivity contribution in [1.82, 2.24) is 9.97 Å². The highest BCUT2D eigenvalue weighted by atomic mass is 35.5. The van der Waals surface area contributed by atoms with E-state index in [4.69, 9.17) is 16.3 Å². The van der Waals surface area contributed by atoms with Crippen LogP contribution < -0.4 is 4.74 Å². The van der Waals surface area contributed by atoms with E-state index in [0.717, 1.165) is 19.3 Å². The second kappa shape index (κ2) is 8.68. The van der Waals surface area contributed by atoms with Crippen LogP contribution in [-0.2, 0) is 0 Å². The van der Waals surface area contributed by atoms with Crippen LogP contribution in [0.15, 0.2) is 0 Å². The number of halogens is 1. The lowest BCUT2D eigenvalue weighted by Crippen LogP contribution is -2.05. The number of nitrogens with zero attached hydrogens (tertiary/aromatic N) is 3. The average Bonchev–Trinajstić information content (AvgIpc) is 2.36. The molecule has 0 N–H and O–H groups in total. The van der Waals surface area contributed by atoms with Crippen molar-refractivity contribution in [3.8, 4) is 5.88 Å². The first kappa shape index (κ1) is 16.6. The fraction of sp³-hybridized carbons (Fsp3) is 0.692. The summed E-state index contributed by atoms with van der Waals surface area (Å²) in [6, 6.07) is 0. The van der Waals surface area contributed by atoms with Crippen LogP contribution in [0.25, 0.3) is 0 Å². The van der Waals surface area contributed by atoms with Crippen LogP contribution >= 0.6 is 11.6 Å². The molecule has 0 aliphatic rings. The van der Waals surface area contributed by atoms with E-state index >= 15 is 0 Å². The van der Waals surface area contributed by atoms with Crippen LogP contribution in [0.2, 0.25) is 5.28 Å². The molecule has 0 aliphatic carbocycles. The third-order valence-corrected chi connectivity index (χ3v) is 3.09. The summed E-state index contributed by atoms with van der Waals surface area (Å²) >= 11 is 5.70. The summed E-state index contributed by atoms with van der Waals surface area (Å²) in [6.45, 7) is 4.09. The minimum atomic E-state index is -0.539. The predicted molar refractivity (Wildman–Crippen MR) is 77.3 cm³/mol. The zero-order valence-electron chi connectivity index (χ0n) is 11.9. The molecule has 1 heterocycles. The molecule has 0 unspecified atom stereocenters. The van der Waals surface area contributed by atoms with Gasteiger partial charge in [0.15, 0.2) is 0 Å². The molecule has 1 rings (SSSR count). The summed E-state index contributed by atoms with van der Waals surface area (Å²) in [7, 11) is 0. The lowest BCUT2D eigenvalue weighted by Gasteiger charge is -2.07. The summed E-state index contributed by atoms with van der Waals surface area (Å²) in [5.41, 5.74) is 0.00771. The maximum absolute atomic E-state index is 11.0. The molecule has 0 aliphatic heterocycles. The number of aryl methyl sites for hydroxylation is 1. The number of unbranched alkanes of at least 4 members (excludes halogenated alkanes) is 5. The quantitative estimate of drug-likeness (QED) is 0.297. The first-order valence-corrected chi connectivity index (χ1v) is 7.25. The van der Waals surface area contributed by atoms with Crippen molar-refractivity contribution in [2.75, 3.05) is 6.61 Å². The van der Waals surface area contributed by atoms with Crippen LogP contribution in [0, 0.1) is 17.0 Å². The van der Waals surface area contributed by atoms with Crippen molar-refractivity contribution in [3.05, 3.63) is 21.1 Å². The lowest BCUT2D eigenvalue weighted by molar-refractivity contribution is -0.387. The Bertz CT molecular complexity index is 455. The molecule has 0 bridgehead atoms. The highest BCUT2D eigenvalue weighted by molar-refractivity contribution is 6.28. The Labute approximate surface area is 123 Å². The standard InChI is InChI=1S/C13H20ClN3O3/c1-3-4-5-6-7-8-9-20-12-11(17(18)19)10(2)15-13(14)16-12/h3-9H2,1-2H3. The summed E-state index contributed by atoms with van der Waals surface area (Å²) in [5.74, 6) is -0.0407. The van der Waals surface area contributed by atoms with Crippen LogP contribution in [0.1, 0.15) is 51.1 Å². The van der Waals surface area contributed by atoms with E-state index in [0.29, 0.717) is 6.61 Å². The van der Waals surface area contributed by atoms with Gasteiger partial charge in [0.1, 0.15) is 5.69 Å². The molecule has 0 spiro atoms. The Hall–Kier alpha value is -1.43. The van der Waals surface area contributed by atoms with Crippen molar-refractivity contribution in [2.24, 2.45) is 0 Å². The molecule has 0 saturated carbocycles. The Morgan fingerprint density at radius 3 is 2.50 bits per heavy atom. The minimum absolute atomic E-state index is 0.0361. The lowest BCUT2D eigenvalue weighted by atomic mass is 10.1. The monoisotopic (exact) mass is 301 g/mol. The first-order valence-electron chi connectivity index (χ1n) is 6.87. The molecule has 20 heavy (non-hydrogen) atoms. The third-order valence-electron chi connectivity index (χ3n) is 2.92. The maximum Gasteiger partial charge on any atom is 0.352 e. The van der Waals surface area contributed by atoms with Crippen LogP contribution in [0.4, 0.5) is 5.69 Å². The molecule has 0 fully saturated rings. The van der Waals surface area contributed by atoms with Crippen molar-refractivity contribution in [1.29, 1.82) is 0 Å². The topological polar surface area (TPSA) is 78.2 Å². The second-order valence-corrected chi connectivity index (χ2v) is 4.94. The predicted octanol–water partition coefficient (Wildman–Crippen LogP) is 4.09. The molecule has 0 amide bonds. The van der Waals surface area contributed by atoms with Gasteiger partial charge >= 0.3 is 5.69 Å². The van der Waals surface area contributed by atoms with E-state index < -0.39 is 4.92 Å². The first-order chi connectivity index (χ1) is 9.56. The molecule has 6 nitrogen and oxygen atoms in total. The van der Waals surface area contributed by atoms with E-state index in [2.05, 4.69) is 16.9 Å². The number of hydrogen-bond acceptors (Lipinski definition) is 5. The zero-order chi connectivity index (χ0) is 15.0. The summed E-state index contributed by atoms with van der Waals surface area (Å²) in [6.07, 6.45) is 6.72. The molecule has 0 saturated heterocycles. The fourth-order valence-corrected chi connectivity index (χ4v) is 2.07. The highest BCUT2D eigenvalue weighted by Gasteiger charge is 2.23. The second-order valence-electron chi connectivity index (χ2n) is 4.61. The Kier molecular flexibility index (Phi) is 7.22. The van der Waals surface area contributed by atoms with Crippen LogP contribution in [0.5, 0.6) is 5.88 Å². The molecule has 1 aromatic rings. The van der Waals surface area contributed by atoms with Crippen molar-refractivity contribution >= 4 is 17.3 Å². The summed E-state index contributed by atoms with van der Waals surface area (Å²) < 4.78 is 5.39. The van der Waals surface area contributed by atoms with Crippen LogP contribution in [0.3, 0.4) is 0 Å². The maximum atomic E-state index is 11.0. The van der Waals surface area contributed by atoms with Gasteiger partial charge in [0.25, 0.3) is 5.88 Å². The van der Waals surface area contributed by atoms with Gasteiger partial charge in [0, 0.05) is 0 Å². The van der Waals surface area contributed by atoms with E-state index in [1.54, 1.807) is 0 Å². The van der Waals surface area contributed by atoms with Gasteiger partial charge in [-0.15, -0.1) is 0 Å². The van der Waals surface area contributed by atoms with Gasteiger partial charge in [0.2, 0.25) is 5.28 Å². The Morgan fingerprint density at radius 1 is 1.20 bits per heavy atom. The van der Waals surface area contributed by atoms with Gasteiger partial charge < -0.3 is 4.74 Å². The van der Waals surface area contributed by atoms with E-state index in [-0.39, 0.29) is 22.5 Å². The molecule has 0 atom stereocenters. The van der Waals surface area contributed by atoms with E-state index in [9.17, 15) is 10.1 Å². The van der Waals surface area contributed by atoms with Gasteiger partial charge in [0.05, 0.1) is 11.5 Å². The molecular weight excluding hydrogens is 282 g/mol. The van der Waals surface area contributed by atoms with Crippen LogP contribution in [-0.4, -0.2) is 21.5 Å². The van der Waals surface area contributed by atoms with Gasteiger partial charge in [-0.25, -0.2) is 4.98 Å². The molecule has 112 valence electrons. The third kappa shape index (κ3) is 5.28. The smallest absolute Gasteiger partial charge is 0.352 e. The van der Waals surface area contributed by atoms with Crippen molar-refractivity contribution < 1.29 is 9.66 Å².